The molecule has 0 spiro atoms. The van der Waals surface area contributed by atoms with Gasteiger partial charge in [0.05, 0.1) is 6.61 Å². The molecule has 0 bridgehead atoms. The second-order valence-electron chi connectivity index (χ2n) is 3.93. The summed E-state index contributed by atoms with van der Waals surface area (Å²) in [4.78, 5) is 24.6. The molecule has 1 amide bonds. The highest BCUT2D eigenvalue weighted by Crippen LogP contribution is 2.17. The number of nitrogens with zero attached hydrogens (tertiary/aromatic N) is 1. The van der Waals surface area contributed by atoms with Gasteiger partial charge in [0.25, 0.3) is 5.91 Å². The fraction of sp³-hybridized carbons (Fsp3) is 0.385. The number of likely N-dealkylation sites (N-methyl/N-ethyl adjacent to an activating group) is 1. The van der Waals surface area contributed by atoms with Crippen molar-refractivity contribution in [2.45, 2.75) is 13.8 Å². The van der Waals surface area contributed by atoms with Gasteiger partial charge in [-0.2, -0.15) is 0 Å². The number of aryl methyl sites for hydroxylation is 1. The van der Waals surface area contributed by atoms with E-state index in [0.29, 0.717) is 17.2 Å². The predicted molar refractivity (Wildman–Crippen MR) is 69.8 cm³/mol. The Morgan fingerprint density at radius 1 is 1.39 bits per heavy atom. The molecule has 0 radical (unpaired) electrons. The molecule has 1 rings (SSSR count). The minimum Gasteiger partial charge on any atom is -0.465 e. The van der Waals surface area contributed by atoms with Gasteiger partial charge in [0.15, 0.2) is 0 Å². The second-order valence-corrected chi connectivity index (χ2v) is 4.34. The van der Waals surface area contributed by atoms with Crippen LogP contribution < -0.4 is 0 Å². The first-order valence-corrected chi connectivity index (χ1v) is 6.00. The van der Waals surface area contributed by atoms with Crippen LogP contribution in [0.1, 0.15) is 22.8 Å². The first kappa shape index (κ1) is 14.5. The van der Waals surface area contributed by atoms with Crippen molar-refractivity contribution in [2.24, 2.45) is 0 Å². The minimum absolute atomic E-state index is 0.0612. The molecule has 0 aliphatic heterocycles. The molecule has 1 aromatic rings. The van der Waals surface area contributed by atoms with Gasteiger partial charge in [0.1, 0.15) is 6.54 Å². The Balaban J connectivity index is 2.74. The van der Waals surface area contributed by atoms with Gasteiger partial charge in [-0.25, -0.2) is 0 Å². The van der Waals surface area contributed by atoms with Gasteiger partial charge < -0.3 is 9.64 Å². The van der Waals surface area contributed by atoms with Gasteiger partial charge in [0.2, 0.25) is 0 Å². The predicted octanol–water partition coefficient (Wildman–Crippen LogP) is 2.28. The lowest BCUT2D eigenvalue weighted by Crippen LogP contribution is -2.33. The third-order valence-corrected chi connectivity index (χ3v) is 2.85. The summed E-state index contributed by atoms with van der Waals surface area (Å²) in [6, 6.07) is 5.01. The van der Waals surface area contributed by atoms with Crippen LogP contribution in [0.25, 0.3) is 0 Å². The summed E-state index contributed by atoms with van der Waals surface area (Å²) < 4.78 is 4.79. The Hall–Kier alpha value is -1.55. The summed E-state index contributed by atoms with van der Waals surface area (Å²) in [6.07, 6.45) is 0. The summed E-state index contributed by atoms with van der Waals surface area (Å²) in [7, 11) is 1.56. The van der Waals surface area contributed by atoms with Crippen LogP contribution in [0.2, 0.25) is 5.02 Å². The van der Waals surface area contributed by atoms with Crippen LogP contribution in [0.5, 0.6) is 0 Å². The van der Waals surface area contributed by atoms with Gasteiger partial charge in [-0.05, 0) is 37.6 Å². The van der Waals surface area contributed by atoms with E-state index >= 15 is 0 Å². The van der Waals surface area contributed by atoms with Crippen molar-refractivity contribution < 1.29 is 14.3 Å². The third kappa shape index (κ3) is 3.74. The zero-order valence-corrected chi connectivity index (χ0v) is 11.5. The lowest BCUT2D eigenvalue weighted by Gasteiger charge is -2.16. The molecular weight excluding hydrogens is 254 g/mol. The lowest BCUT2D eigenvalue weighted by atomic mass is 10.1. The molecule has 0 atom stereocenters. The molecule has 18 heavy (non-hydrogen) atoms. The summed E-state index contributed by atoms with van der Waals surface area (Å²) >= 11 is 5.89. The molecule has 5 heteroatoms. The average Bonchev–Trinajstić information content (AvgIpc) is 2.32. The van der Waals surface area contributed by atoms with E-state index in [2.05, 4.69) is 0 Å². The van der Waals surface area contributed by atoms with Gasteiger partial charge in [-0.1, -0.05) is 11.6 Å². The minimum atomic E-state index is -0.418. The molecule has 4 nitrogen and oxygen atoms in total. The Bertz CT molecular complexity index is 460. The van der Waals surface area contributed by atoms with Crippen molar-refractivity contribution in [1.82, 2.24) is 4.90 Å². The van der Waals surface area contributed by atoms with Gasteiger partial charge in [-0.15, -0.1) is 0 Å². The van der Waals surface area contributed by atoms with Gasteiger partial charge in [0, 0.05) is 17.6 Å². The number of halogens is 1. The number of benzene rings is 1. The number of carbonyl (C=O) groups is 2. The van der Waals surface area contributed by atoms with E-state index in [0.717, 1.165) is 5.56 Å². The van der Waals surface area contributed by atoms with E-state index in [1.54, 1.807) is 32.2 Å². The smallest absolute Gasteiger partial charge is 0.325 e. The normalized spacial score (nSPS) is 10.0. The van der Waals surface area contributed by atoms with E-state index in [4.69, 9.17) is 16.3 Å². The highest BCUT2D eigenvalue weighted by molar-refractivity contribution is 6.31. The molecule has 98 valence electrons. The summed E-state index contributed by atoms with van der Waals surface area (Å²) in [5.41, 5.74) is 1.33. The van der Waals surface area contributed by atoms with E-state index in [1.165, 1.54) is 4.90 Å². The highest BCUT2D eigenvalue weighted by atomic mass is 35.5. The topological polar surface area (TPSA) is 46.6 Å². The molecule has 0 aliphatic carbocycles. The van der Waals surface area contributed by atoms with Gasteiger partial charge in [-0.3, -0.25) is 9.59 Å². The molecule has 0 fully saturated rings. The number of ether oxygens (including phenoxy) is 1. The van der Waals surface area contributed by atoms with Crippen molar-refractivity contribution in [3.8, 4) is 0 Å². The fourth-order valence-electron chi connectivity index (χ4n) is 1.47. The van der Waals surface area contributed by atoms with Crippen LogP contribution >= 0.6 is 11.6 Å². The number of hydrogen-bond donors (Lipinski definition) is 0. The quantitative estimate of drug-likeness (QED) is 0.788. The maximum Gasteiger partial charge on any atom is 0.325 e. The lowest BCUT2D eigenvalue weighted by molar-refractivity contribution is -0.143. The third-order valence-electron chi connectivity index (χ3n) is 2.42. The molecular formula is C13H16ClNO3. The standard InChI is InChI=1S/C13H16ClNO3/c1-4-18-12(16)8-15(3)13(17)10-5-6-11(14)9(2)7-10/h5-7H,4,8H2,1-3H3. The van der Waals surface area contributed by atoms with Crippen molar-refractivity contribution in [3.05, 3.63) is 34.3 Å². The van der Waals surface area contributed by atoms with Crippen molar-refractivity contribution in [3.63, 3.8) is 0 Å². The molecule has 0 saturated heterocycles. The zero-order chi connectivity index (χ0) is 13.7. The van der Waals surface area contributed by atoms with Crippen LogP contribution in [0.4, 0.5) is 0 Å². The van der Waals surface area contributed by atoms with Crippen LogP contribution in [-0.2, 0) is 9.53 Å². The van der Waals surface area contributed by atoms with E-state index in [-0.39, 0.29) is 12.5 Å². The summed E-state index contributed by atoms with van der Waals surface area (Å²) in [6.45, 7) is 3.79. The first-order chi connectivity index (χ1) is 8.45. The molecule has 0 saturated carbocycles. The van der Waals surface area contributed by atoms with Crippen molar-refractivity contribution in [2.75, 3.05) is 20.2 Å². The zero-order valence-electron chi connectivity index (χ0n) is 10.7. The van der Waals surface area contributed by atoms with Crippen LogP contribution in [0, 0.1) is 6.92 Å². The summed E-state index contributed by atoms with van der Waals surface area (Å²) in [5.74, 6) is -0.651. The molecule has 0 heterocycles. The molecule has 0 N–H and O–H groups in total. The Morgan fingerprint density at radius 2 is 2.06 bits per heavy atom. The van der Waals surface area contributed by atoms with E-state index in [9.17, 15) is 9.59 Å². The monoisotopic (exact) mass is 269 g/mol. The Kier molecular flexibility index (Phi) is 5.16. The Labute approximate surface area is 111 Å². The highest BCUT2D eigenvalue weighted by Gasteiger charge is 2.15. The molecule has 0 aromatic heterocycles. The van der Waals surface area contributed by atoms with E-state index < -0.39 is 5.97 Å². The number of esters is 1. The maximum atomic E-state index is 12.0. The van der Waals surface area contributed by atoms with Crippen LogP contribution in [0.3, 0.4) is 0 Å². The van der Waals surface area contributed by atoms with Crippen LogP contribution in [-0.4, -0.2) is 37.0 Å². The number of amides is 1. The molecule has 1 aromatic carbocycles. The molecule has 0 unspecified atom stereocenters. The molecule has 0 aliphatic rings. The SMILES string of the molecule is CCOC(=O)CN(C)C(=O)c1ccc(Cl)c(C)c1. The Morgan fingerprint density at radius 3 is 2.61 bits per heavy atom. The van der Waals surface area contributed by atoms with E-state index in [1.807, 2.05) is 6.92 Å². The number of rotatable bonds is 4. The van der Waals surface area contributed by atoms with Gasteiger partial charge >= 0.3 is 5.97 Å². The van der Waals surface area contributed by atoms with Crippen molar-refractivity contribution in [1.29, 1.82) is 0 Å². The fourth-order valence-corrected chi connectivity index (χ4v) is 1.59. The summed E-state index contributed by atoms with van der Waals surface area (Å²) in [5, 5.41) is 0.611. The largest absolute Gasteiger partial charge is 0.465 e. The maximum absolute atomic E-state index is 12.0. The number of hydrogen-bond acceptors (Lipinski definition) is 3. The first-order valence-electron chi connectivity index (χ1n) is 5.63. The number of carbonyl (C=O) groups excluding carboxylic acids is 2. The van der Waals surface area contributed by atoms with Crippen molar-refractivity contribution >= 4 is 23.5 Å². The average molecular weight is 270 g/mol. The van der Waals surface area contributed by atoms with Crippen LogP contribution in [0.15, 0.2) is 18.2 Å². The second kappa shape index (κ2) is 6.40.